The Morgan fingerprint density at radius 1 is 1.10 bits per heavy atom. The molecule has 1 saturated carbocycles. The standard InChI is InChI=1S/C15H19N3O2/c1-16-13(9-4-2-3-5-9)10-6-7-11-12(8-10)18-15(20)14(19)17-11/h6-9,13,16H,2-5H2,1H3,(H,17,19)(H,18,20). The average Bonchev–Trinajstić information content (AvgIpc) is 2.95. The molecule has 2 aromatic rings. The minimum absolute atomic E-state index is 0.303. The molecule has 1 aliphatic carbocycles. The van der Waals surface area contributed by atoms with E-state index in [1.807, 2.05) is 25.2 Å². The highest BCUT2D eigenvalue weighted by Gasteiger charge is 2.25. The Morgan fingerprint density at radius 2 is 1.75 bits per heavy atom. The first kappa shape index (κ1) is 13.1. The van der Waals surface area contributed by atoms with Crippen LogP contribution in [0.1, 0.15) is 37.3 Å². The molecule has 1 aliphatic rings. The summed E-state index contributed by atoms with van der Waals surface area (Å²) in [6.45, 7) is 0. The van der Waals surface area contributed by atoms with Gasteiger partial charge in [0.1, 0.15) is 0 Å². The van der Waals surface area contributed by atoms with E-state index in [9.17, 15) is 9.59 Å². The van der Waals surface area contributed by atoms with E-state index in [0.717, 1.165) is 5.56 Å². The second-order valence-electron chi connectivity index (χ2n) is 5.52. The number of aromatic nitrogens is 2. The minimum atomic E-state index is -0.605. The van der Waals surface area contributed by atoms with Crippen LogP contribution < -0.4 is 16.4 Å². The maximum absolute atomic E-state index is 11.4. The normalized spacial score (nSPS) is 17.6. The molecule has 0 radical (unpaired) electrons. The van der Waals surface area contributed by atoms with Gasteiger partial charge in [0.25, 0.3) is 0 Å². The fourth-order valence-electron chi connectivity index (χ4n) is 3.29. The summed E-state index contributed by atoms with van der Waals surface area (Å²) >= 11 is 0. The highest BCUT2D eigenvalue weighted by Crippen LogP contribution is 2.35. The molecule has 5 heteroatoms. The topological polar surface area (TPSA) is 77.8 Å². The van der Waals surface area contributed by atoms with Gasteiger partial charge in [0.2, 0.25) is 0 Å². The van der Waals surface area contributed by atoms with Crippen LogP contribution in [0.15, 0.2) is 27.8 Å². The molecule has 20 heavy (non-hydrogen) atoms. The minimum Gasteiger partial charge on any atom is -0.316 e. The smallest absolute Gasteiger partial charge is 0.314 e. The van der Waals surface area contributed by atoms with Crippen LogP contribution in [-0.4, -0.2) is 17.0 Å². The molecule has 1 atom stereocenters. The number of aromatic amines is 2. The third-order valence-electron chi connectivity index (χ3n) is 4.29. The Bertz CT molecular complexity index is 726. The van der Waals surface area contributed by atoms with Gasteiger partial charge in [-0.3, -0.25) is 9.59 Å². The van der Waals surface area contributed by atoms with Crippen molar-refractivity contribution in [1.29, 1.82) is 0 Å². The van der Waals surface area contributed by atoms with E-state index >= 15 is 0 Å². The molecule has 0 amide bonds. The SMILES string of the molecule is CNC(c1ccc2[nH]c(=O)c(=O)[nH]c2c1)C1CCCC1. The lowest BCUT2D eigenvalue weighted by Gasteiger charge is -2.23. The van der Waals surface area contributed by atoms with Crippen LogP contribution in [0.25, 0.3) is 11.0 Å². The van der Waals surface area contributed by atoms with E-state index in [-0.39, 0.29) is 0 Å². The third kappa shape index (κ3) is 2.29. The number of nitrogens with one attached hydrogen (secondary N) is 3. The van der Waals surface area contributed by atoms with Crippen LogP contribution in [0.3, 0.4) is 0 Å². The predicted molar refractivity (Wildman–Crippen MR) is 78.9 cm³/mol. The van der Waals surface area contributed by atoms with Gasteiger partial charge in [0.15, 0.2) is 0 Å². The van der Waals surface area contributed by atoms with Crippen molar-refractivity contribution in [1.82, 2.24) is 15.3 Å². The molecular weight excluding hydrogens is 254 g/mol. The van der Waals surface area contributed by atoms with Crippen molar-refractivity contribution < 1.29 is 0 Å². The summed E-state index contributed by atoms with van der Waals surface area (Å²) < 4.78 is 0. The van der Waals surface area contributed by atoms with Gasteiger partial charge in [0, 0.05) is 6.04 Å². The van der Waals surface area contributed by atoms with E-state index in [1.54, 1.807) is 0 Å². The first-order chi connectivity index (χ1) is 9.69. The Morgan fingerprint density at radius 3 is 2.40 bits per heavy atom. The molecule has 0 aliphatic heterocycles. The maximum Gasteiger partial charge on any atom is 0.314 e. The summed E-state index contributed by atoms with van der Waals surface area (Å²) in [6.07, 6.45) is 5.07. The van der Waals surface area contributed by atoms with Gasteiger partial charge in [-0.1, -0.05) is 18.9 Å². The molecule has 1 unspecified atom stereocenters. The van der Waals surface area contributed by atoms with Crippen molar-refractivity contribution in [2.75, 3.05) is 7.05 Å². The lowest BCUT2D eigenvalue weighted by molar-refractivity contribution is 0.390. The molecule has 0 spiro atoms. The summed E-state index contributed by atoms with van der Waals surface area (Å²) in [5.74, 6) is 0.645. The van der Waals surface area contributed by atoms with Crippen LogP contribution in [0.2, 0.25) is 0 Å². The van der Waals surface area contributed by atoms with E-state index in [1.165, 1.54) is 25.7 Å². The molecule has 1 aromatic heterocycles. The molecule has 5 nitrogen and oxygen atoms in total. The summed E-state index contributed by atoms with van der Waals surface area (Å²) in [7, 11) is 1.97. The summed E-state index contributed by atoms with van der Waals surface area (Å²) in [5, 5.41) is 3.39. The second kappa shape index (κ2) is 5.25. The third-order valence-corrected chi connectivity index (χ3v) is 4.29. The van der Waals surface area contributed by atoms with Crippen molar-refractivity contribution in [2.45, 2.75) is 31.7 Å². The first-order valence-electron chi connectivity index (χ1n) is 7.12. The van der Waals surface area contributed by atoms with Gasteiger partial charge >= 0.3 is 11.1 Å². The molecule has 1 fully saturated rings. The summed E-state index contributed by atoms with van der Waals surface area (Å²) in [5.41, 5.74) is 1.31. The Hall–Kier alpha value is -1.88. The van der Waals surface area contributed by atoms with E-state index in [2.05, 4.69) is 15.3 Å². The number of hydrogen-bond donors (Lipinski definition) is 3. The lowest BCUT2D eigenvalue weighted by atomic mass is 9.91. The summed E-state index contributed by atoms with van der Waals surface area (Å²) in [4.78, 5) is 28.0. The zero-order chi connectivity index (χ0) is 14.1. The van der Waals surface area contributed by atoms with E-state index in [4.69, 9.17) is 0 Å². The van der Waals surface area contributed by atoms with Crippen LogP contribution in [0, 0.1) is 5.92 Å². The summed E-state index contributed by atoms with van der Waals surface area (Å²) in [6, 6.07) is 6.15. The van der Waals surface area contributed by atoms with Gasteiger partial charge in [-0.15, -0.1) is 0 Å². The molecule has 0 saturated heterocycles. The van der Waals surface area contributed by atoms with Gasteiger partial charge in [-0.05, 0) is 43.5 Å². The van der Waals surface area contributed by atoms with Crippen molar-refractivity contribution in [2.24, 2.45) is 5.92 Å². The molecule has 1 heterocycles. The number of rotatable bonds is 3. The van der Waals surface area contributed by atoms with Crippen molar-refractivity contribution in [3.63, 3.8) is 0 Å². The Balaban J connectivity index is 2.04. The zero-order valence-electron chi connectivity index (χ0n) is 11.5. The number of benzene rings is 1. The average molecular weight is 273 g/mol. The predicted octanol–water partition coefficient (Wildman–Crippen LogP) is 1.67. The quantitative estimate of drug-likeness (QED) is 0.744. The fourth-order valence-corrected chi connectivity index (χ4v) is 3.29. The first-order valence-corrected chi connectivity index (χ1v) is 7.12. The van der Waals surface area contributed by atoms with Gasteiger partial charge < -0.3 is 15.3 Å². The van der Waals surface area contributed by atoms with Crippen LogP contribution in [0.4, 0.5) is 0 Å². The van der Waals surface area contributed by atoms with Crippen molar-refractivity contribution >= 4 is 11.0 Å². The van der Waals surface area contributed by atoms with Crippen molar-refractivity contribution in [3.05, 3.63) is 44.5 Å². The molecule has 1 aromatic carbocycles. The number of hydrogen-bond acceptors (Lipinski definition) is 3. The largest absolute Gasteiger partial charge is 0.316 e. The molecule has 0 bridgehead atoms. The second-order valence-corrected chi connectivity index (χ2v) is 5.52. The van der Waals surface area contributed by atoms with Gasteiger partial charge in [0.05, 0.1) is 11.0 Å². The van der Waals surface area contributed by atoms with Crippen LogP contribution in [-0.2, 0) is 0 Å². The molecular formula is C15H19N3O2. The van der Waals surface area contributed by atoms with Crippen LogP contribution >= 0.6 is 0 Å². The maximum atomic E-state index is 11.4. The lowest BCUT2D eigenvalue weighted by Crippen LogP contribution is -2.29. The number of fused-ring (bicyclic) bond motifs is 1. The highest BCUT2D eigenvalue weighted by atomic mass is 16.2. The Labute approximate surface area is 116 Å². The number of H-pyrrole nitrogens is 2. The molecule has 3 rings (SSSR count). The monoisotopic (exact) mass is 273 g/mol. The van der Waals surface area contributed by atoms with E-state index < -0.39 is 11.1 Å². The highest BCUT2D eigenvalue weighted by molar-refractivity contribution is 5.74. The molecule has 3 N–H and O–H groups in total. The molecule has 106 valence electrons. The zero-order valence-corrected chi connectivity index (χ0v) is 11.5. The Kier molecular flexibility index (Phi) is 3.44. The van der Waals surface area contributed by atoms with Gasteiger partial charge in [-0.25, -0.2) is 0 Å². The van der Waals surface area contributed by atoms with Crippen molar-refractivity contribution in [3.8, 4) is 0 Å². The van der Waals surface area contributed by atoms with Gasteiger partial charge in [-0.2, -0.15) is 0 Å². The fraction of sp³-hybridized carbons (Fsp3) is 0.467. The van der Waals surface area contributed by atoms with Crippen LogP contribution in [0.5, 0.6) is 0 Å². The van der Waals surface area contributed by atoms with E-state index in [0.29, 0.717) is 23.0 Å².